The molecule has 7 nitrogen and oxygen atoms in total. The number of aromatic nitrogens is 2. The van der Waals surface area contributed by atoms with E-state index < -0.39 is 17.2 Å². The zero-order valence-electron chi connectivity index (χ0n) is 16.5. The van der Waals surface area contributed by atoms with Crippen LogP contribution in [0.3, 0.4) is 0 Å². The van der Waals surface area contributed by atoms with Crippen LogP contribution in [-0.2, 0) is 11.3 Å². The molecule has 1 atom stereocenters. The molecule has 0 aliphatic heterocycles. The lowest BCUT2D eigenvalue weighted by Gasteiger charge is -2.16. The normalized spacial score (nSPS) is 14.6. The molecule has 2 aromatic rings. The highest BCUT2D eigenvalue weighted by atomic mass is 79.9. The van der Waals surface area contributed by atoms with E-state index in [0.717, 1.165) is 36.6 Å². The zero-order chi connectivity index (χ0) is 21.0. The van der Waals surface area contributed by atoms with Crippen LogP contribution in [0.5, 0.6) is 0 Å². The highest BCUT2D eigenvalue weighted by Crippen LogP contribution is 2.24. The van der Waals surface area contributed by atoms with Crippen LogP contribution in [0.2, 0.25) is 0 Å². The van der Waals surface area contributed by atoms with Gasteiger partial charge in [-0.1, -0.05) is 47.5 Å². The predicted octanol–water partition coefficient (Wildman–Crippen LogP) is 3.82. The van der Waals surface area contributed by atoms with Gasteiger partial charge in [-0.15, -0.1) is 0 Å². The molecule has 0 spiro atoms. The first kappa shape index (κ1) is 21.8. The summed E-state index contributed by atoms with van der Waals surface area (Å²) in [5, 5.41) is 5.57. The van der Waals surface area contributed by atoms with Gasteiger partial charge in [0.2, 0.25) is 5.91 Å². The summed E-state index contributed by atoms with van der Waals surface area (Å²) in [5.41, 5.74) is 0.473. The van der Waals surface area contributed by atoms with Crippen molar-refractivity contribution in [1.29, 1.82) is 0 Å². The van der Waals surface area contributed by atoms with Gasteiger partial charge in [-0.25, -0.2) is 9.78 Å². The number of imide groups is 1. The number of nitrogens with one attached hydrogen (secondary N) is 2. The molecule has 2 N–H and O–H groups in total. The average Bonchev–Trinajstić information content (AvgIpc) is 3.48. The minimum Gasteiger partial charge on any atom is -0.335 e. The van der Waals surface area contributed by atoms with E-state index in [2.05, 4.69) is 38.5 Å². The molecule has 0 bridgehead atoms. The first-order valence-electron chi connectivity index (χ1n) is 9.87. The van der Waals surface area contributed by atoms with Gasteiger partial charge in [-0.2, -0.15) is 0 Å². The Kier molecular flexibility index (Phi) is 7.34. The van der Waals surface area contributed by atoms with Gasteiger partial charge in [0.1, 0.15) is 0 Å². The first-order chi connectivity index (χ1) is 13.9. The van der Waals surface area contributed by atoms with E-state index in [1.807, 2.05) is 6.07 Å². The van der Waals surface area contributed by atoms with Gasteiger partial charge in [0.05, 0.1) is 16.2 Å². The minimum absolute atomic E-state index is 0.117. The third kappa shape index (κ3) is 5.82. The van der Waals surface area contributed by atoms with E-state index in [0.29, 0.717) is 22.6 Å². The zero-order valence-corrected chi connectivity index (χ0v) is 18.9. The summed E-state index contributed by atoms with van der Waals surface area (Å²) in [6.07, 6.45) is 4.80. The first-order valence-corrected chi connectivity index (χ1v) is 11.5. The van der Waals surface area contributed by atoms with Gasteiger partial charge in [0.25, 0.3) is 5.56 Å². The lowest BCUT2D eigenvalue weighted by molar-refractivity contribution is -0.119. The van der Waals surface area contributed by atoms with Gasteiger partial charge in [-0.3, -0.25) is 19.5 Å². The van der Waals surface area contributed by atoms with Crippen LogP contribution in [-0.4, -0.2) is 32.8 Å². The molecule has 3 rings (SSSR count). The smallest absolute Gasteiger partial charge is 0.321 e. The van der Waals surface area contributed by atoms with Crippen molar-refractivity contribution in [2.24, 2.45) is 0 Å². The number of fused-ring (bicyclic) bond motifs is 1. The maximum atomic E-state index is 13.1. The van der Waals surface area contributed by atoms with Crippen molar-refractivity contribution >= 4 is 50.5 Å². The Morgan fingerprint density at radius 3 is 2.79 bits per heavy atom. The van der Waals surface area contributed by atoms with Crippen molar-refractivity contribution in [2.45, 2.75) is 68.9 Å². The number of hydrogen-bond acceptors (Lipinski definition) is 5. The quantitative estimate of drug-likeness (QED) is 0.340. The fourth-order valence-corrected chi connectivity index (χ4v) is 4.15. The molecule has 3 amide bonds. The molecule has 9 heteroatoms. The van der Waals surface area contributed by atoms with Crippen LogP contribution in [0.1, 0.15) is 46.0 Å². The van der Waals surface area contributed by atoms with E-state index in [9.17, 15) is 14.4 Å². The number of carbonyl (C=O) groups excluding carboxylic acids is 2. The average molecular weight is 481 g/mol. The fourth-order valence-electron chi connectivity index (χ4n) is 2.85. The Morgan fingerprint density at radius 2 is 2.10 bits per heavy atom. The predicted molar refractivity (Wildman–Crippen MR) is 118 cm³/mol. The van der Waals surface area contributed by atoms with Gasteiger partial charge in [0.15, 0.2) is 5.16 Å². The summed E-state index contributed by atoms with van der Waals surface area (Å²) < 4.78 is 2.46. The highest BCUT2D eigenvalue weighted by molar-refractivity contribution is 9.10. The van der Waals surface area contributed by atoms with Crippen LogP contribution in [0, 0.1) is 0 Å². The molecule has 0 unspecified atom stereocenters. The minimum atomic E-state index is -0.572. The topological polar surface area (TPSA) is 93.1 Å². The van der Waals surface area contributed by atoms with E-state index in [-0.39, 0.29) is 11.6 Å². The Balaban J connectivity index is 1.82. The maximum absolute atomic E-state index is 13.1. The van der Waals surface area contributed by atoms with Gasteiger partial charge >= 0.3 is 6.03 Å². The summed E-state index contributed by atoms with van der Waals surface area (Å²) in [7, 11) is 0. The van der Waals surface area contributed by atoms with Crippen molar-refractivity contribution in [3.8, 4) is 0 Å². The lowest BCUT2D eigenvalue weighted by atomic mass is 10.2. The Labute approximate surface area is 182 Å². The van der Waals surface area contributed by atoms with Gasteiger partial charge < -0.3 is 5.32 Å². The second kappa shape index (κ2) is 9.75. The van der Waals surface area contributed by atoms with E-state index >= 15 is 0 Å². The van der Waals surface area contributed by atoms with Crippen LogP contribution in [0.4, 0.5) is 4.79 Å². The number of thioether (sulfide) groups is 1. The fraction of sp³-hybridized carbons (Fsp3) is 0.500. The van der Waals surface area contributed by atoms with Crippen molar-refractivity contribution in [1.82, 2.24) is 20.2 Å². The summed E-state index contributed by atoms with van der Waals surface area (Å²) in [5.74, 6) is -0.404. The largest absolute Gasteiger partial charge is 0.335 e. The molecule has 1 heterocycles. The van der Waals surface area contributed by atoms with Gasteiger partial charge in [0, 0.05) is 17.1 Å². The maximum Gasteiger partial charge on any atom is 0.321 e. The number of carbonyl (C=O) groups is 2. The number of amides is 3. The third-order valence-corrected chi connectivity index (χ3v) is 6.25. The number of unbranched alkanes of at least 4 members (excludes halogenated alkanes) is 2. The molecular weight excluding hydrogens is 456 g/mol. The van der Waals surface area contributed by atoms with Crippen LogP contribution < -0.4 is 16.2 Å². The highest BCUT2D eigenvalue weighted by Gasteiger charge is 2.26. The second-order valence-electron chi connectivity index (χ2n) is 7.22. The van der Waals surface area contributed by atoms with Crippen molar-refractivity contribution in [3.63, 3.8) is 0 Å². The van der Waals surface area contributed by atoms with Crippen LogP contribution in [0.15, 0.2) is 32.6 Å². The van der Waals surface area contributed by atoms with Crippen molar-refractivity contribution in [3.05, 3.63) is 33.0 Å². The molecule has 0 saturated heterocycles. The third-order valence-electron chi connectivity index (χ3n) is 4.67. The molecule has 1 saturated carbocycles. The second-order valence-corrected chi connectivity index (χ2v) is 9.44. The van der Waals surface area contributed by atoms with E-state index in [1.165, 1.54) is 11.8 Å². The Hall–Kier alpha value is -1.87. The molecule has 1 aliphatic carbocycles. The van der Waals surface area contributed by atoms with Crippen LogP contribution in [0.25, 0.3) is 10.9 Å². The number of urea groups is 1. The van der Waals surface area contributed by atoms with Crippen molar-refractivity contribution in [2.75, 3.05) is 0 Å². The molecule has 1 aliphatic rings. The molecule has 156 valence electrons. The van der Waals surface area contributed by atoms with E-state index in [4.69, 9.17) is 0 Å². The summed E-state index contributed by atoms with van der Waals surface area (Å²) >= 11 is 4.60. The van der Waals surface area contributed by atoms with Gasteiger partial charge in [-0.05, 0) is 44.4 Å². The molecule has 1 fully saturated rings. The lowest BCUT2D eigenvalue weighted by Crippen LogP contribution is -2.43. The summed E-state index contributed by atoms with van der Waals surface area (Å²) in [4.78, 5) is 42.0. The Bertz CT molecular complexity index is 974. The number of rotatable bonds is 8. The number of halogens is 1. The monoisotopic (exact) mass is 480 g/mol. The number of benzene rings is 1. The molecule has 0 radical (unpaired) electrons. The van der Waals surface area contributed by atoms with E-state index in [1.54, 1.807) is 23.6 Å². The van der Waals surface area contributed by atoms with Crippen LogP contribution >= 0.6 is 27.7 Å². The number of hydrogen-bond donors (Lipinski definition) is 2. The summed E-state index contributed by atoms with van der Waals surface area (Å²) in [6.45, 7) is 4.35. The Morgan fingerprint density at radius 1 is 1.34 bits per heavy atom. The molecule has 29 heavy (non-hydrogen) atoms. The summed E-state index contributed by atoms with van der Waals surface area (Å²) in [6, 6.07) is 5.10. The molecular formula is C20H25BrN4O3S. The SMILES string of the molecule is CCCCCn1c(S[C@H](C)C(=O)NC(=O)NC2CC2)nc2ccc(Br)cc2c1=O. The standard InChI is InChI=1S/C20H25BrN4O3S/c1-3-4-5-10-25-18(27)15-11-13(21)6-9-16(15)23-20(25)29-12(2)17(26)24-19(28)22-14-7-8-14/h6,9,11-12,14H,3-5,7-8,10H2,1-2H3,(H2,22,24,26,28)/t12-/m1/s1. The number of nitrogens with zero attached hydrogens (tertiary/aromatic N) is 2. The van der Waals surface area contributed by atoms with Crippen molar-refractivity contribution < 1.29 is 9.59 Å². The molecule has 1 aromatic heterocycles. The molecule has 1 aromatic carbocycles.